The summed E-state index contributed by atoms with van der Waals surface area (Å²) < 4.78 is 0. The second kappa shape index (κ2) is 5.29. The molecule has 1 aromatic carbocycles. The van der Waals surface area contributed by atoms with Gasteiger partial charge in [0.25, 0.3) is 0 Å². The number of phenolic OH excluding ortho intramolecular Hbond substituents is 1. The summed E-state index contributed by atoms with van der Waals surface area (Å²) >= 11 is 0. The summed E-state index contributed by atoms with van der Waals surface area (Å²) in [5, 5.41) is 23.1. The lowest BCUT2D eigenvalue weighted by Crippen LogP contribution is -2.48. The van der Waals surface area contributed by atoms with Crippen molar-refractivity contribution in [2.75, 3.05) is 6.61 Å². The number of rotatable bonds is 5. The van der Waals surface area contributed by atoms with Gasteiger partial charge in [0.1, 0.15) is 5.75 Å². The Morgan fingerprint density at radius 1 is 1.33 bits per heavy atom. The average molecular weight is 249 g/mol. The zero-order valence-corrected chi connectivity index (χ0v) is 11.2. The number of benzene rings is 1. The predicted octanol–water partition coefficient (Wildman–Crippen LogP) is 2.52. The van der Waals surface area contributed by atoms with Gasteiger partial charge < -0.3 is 15.5 Å². The van der Waals surface area contributed by atoms with Crippen molar-refractivity contribution in [3.05, 3.63) is 29.3 Å². The molecule has 0 heterocycles. The monoisotopic (exact) mass is 249 g/mol. The predicted molar refractivity (Wildman–Crippen MR) is 72.7 cm³/mol. The normalized spacial score (nSPS) is 18.9. The van der Waals surface area contributed by atoms with E-state index in [0.29, 0.717) is 5.75 Å². The molecule has 1 atom stereocenters. The third kappa shape index (κ3) is 2.25. The highest BCUT2D eigenvalue weighted by atomic mass is 16.3. The van der Waals surface area contributed by atoms with Gasteiger partial charge in [0.05, 0.1) is 6.61 Å². The lowest BCUT2D eigenvalue weighted by Gasteiger charge is -2.34. The summed E-state index contributed by atoms with van der Waals surface area (Å²) in [5.74, 6) is 0.402. The number of fused-ring (bicyclic) bond motifs is 1. The van der Waals surface area contributed by atoms with E-state index in [1.165, 1.54) is 5.56 Å². The zero-order valence-electron chi connectivity index (χ0n) is 11.2. The van der Waals surface area contributed by atoms with Crippen molar-refractivity contribution in [3.63, 3.8) is 0 Å². The van der Waals surface area contributed by atoms with E-state index in [2.05, 4.69) is 25.2 Å². The molecule has 1 unspecified atom stereocenters. The molecule has 18 heavy (non-hydrogen) atoms. The standard InChI is InChI=1S/C15H23NO2/c1-3-15(4-2,10-17)16-13-9-8-12-11(13)6-5-7-14(12)18/h5-7,13,16-18H,3-4,8-10H2,1-2H3. The van der Waals surface area contributed by atoms with Crippen LogP contribution in [0.1, 0.15) is 50.3 Å². The van der Waals surface area contributed by atoms with Crippen LogP contribution in [0.25, 0.3) is 0 Å². The minimum absolute atomic E-state index is 0.157. The molecule has 0 aromatic heterocycles. The van der Waals surface area contributed by atoms with Gasteiger partial charge in [-0.2, -0.15) is 0 Å². The molecule has 1 aliphatic carbocycles. The zero-order chi connectivity index (χ0) is 13.2. The van der Waals surface area contributed by atoms with E-state index in [9.17, 15) is 10.2 Å². The van der Waals surface area contributed by atoms with Gasteiger partial charge in [-0.05, 0) is 42.9 Å². The van der Waals surface area contributed by atoms with Gasteiger partial charge in [0, 0.05) is 11.6 Å². The molecule has 0 bridgehead atoms. The Bertz CT molecular complexity index is 405. The molecule has 0 fully saturated rings. The van der Waals surface area contributed by atoms with E-state index >= 15 is 0 Å². The van der Waals surface area contributed by atoms with E-state index < -0.39 is 0 Å². The number of aromatic hydroxyl groups is 1. The average Bonchev–Trinajstić information content (AvgIpc) is 2.81. The van der Waals surface area contributed by atoms with Gasteiger partial charge in [0.2, 0.25) is 0 Å². The number of hydrogen-bond acceptors (Lipinski definition) is 3. The van der Waals surface area contributed by atoms with Crippen LogP contribution in [0, 0.1) is 0 Å². The van der Waals surface area contributed by atoms with Crippen molar-refractivity contribution in [3.8, 4) is 5.75 Å². The van der Waals surface area contributed by atoms with Gasteiger partial charge in [-0.25, -0.2) is 0 Å². The molecular weight excluding hydrogens is 226 g/mol. The van der Waals surface area contributed by atoms with E-state index in [1.54, 1.807) is 6.07 Å². The van der Waals surface area contributed by atoms with Crippen LogP contribution in [0.5, 0.6) is 5.75 Å². The van der Waals surface area contributed by atoms with Crippen molar-refractivity contribution in [2.45, 2.75) is 51.1 Å². The van der Waals surface area contributed by atoms with Crippen LogP contribution in [0.15, 0.2) is 18.2 Å². The minimum atomic E-state index is -0.197. The first-order valence-electron chi connectivity index (χ1n) is 6.85. The fraction of sp³-hybridized carbons (Fsp3) is 0.600. The Hall–Kier alpha value is -1.06. The highest BCUT2D eigenvalue weighted by molar-refractivity contribution is 5.44. The molecule has 0 saturated heterocycles. The lowest BCUT2D eigenvalue weighted by atomic mass is 9.91. The van der Waals surface area contributed by atoms with Crippen LogP contribution >= 0.6 is 0 Å². The molecule has 100 valence electrons. The molecule has 0 spiro atoms. The maximum Gasteiger partial charge on any atom is 0.119 e. The summed E-state index contributed by atoms with van der Waals surface area (Å²) in [7, 11) is 0. The van der Waals surface area contributed by atoms with E-state index in [4.69, 9.17) is 0 Å². The SMILES string of the molecule is CCC(CC)(CO)NC1CCc2c(O)cccc21. The molecule has 0 amide bonds. The van der Waals surface area contributed by atoms with Crippen LogP contribution in [-0.2, 0) is 6.42 Å². The summed E-state index contributed by atoms with van der Waals surface area (Å²) in [4.78, 5) is 0. The lowest BCUT2D eigenvalue weighted by molar-refractivity contribution is 0.137. The minimum Gasteiger partial charge on any atom is -0.508 e. The van der Waals surface area contributed by atoms with Gasteiger partial charge >= 0.3 is 0 Å². The Morgan fingerprint density at radius 3 is 2.67 bits per heavy atom. The van der Waals surface area contributed by atoms with Crippen molar-refractivity contribution < 1.29 is 10.2 Å². The van der Waals surface area contributed by atoms with Crippen molar-refractivity contribution in [1.82, 2.24) is 5.32 Å². The molecule has 0 saturated carbocycles. The van der Waals surface area contributed by atoms with E-state index in [0.717, 1.165) is 31.2 Å². The fourth-order valence-corrected chi connectivity index (χ4v) is 2.88. The van der Waals surface area contributed by atoms with Crippen LogP contribution in [-0.4, -0.2) is 22.4 Å². The van der Waals surface area contributed by atoms with E-state index in [1.807, 2.05) is 6.07 Å². The first kappa shape index (κ1) is 13.4. The molecule has 2 rings (SSSR count). The van der Waals surface area contributed by atoms with Crippen LogP contribution in [0.3, 0.4) is 0 Å². The van der Waals surface area contributed by atoms with Crippen LogP contribution in [0.4, 0.5) is 0 Å². The summed E-state index contributed by atoms with van der Waals surface area (Å²) in [6, 6.07) is 5.97. The number of phenols is 1. The first-order valence-corrected chi connectivity index (χ1v) is 6.85. The van der Waals surface area contributed by atoms with Crippen LogP contribution < -0.4 is 5.32 Å². The molecule has 1 aliphatic rings. The number of hydrogen-bond donors (Lipinski definition) is 3. The Labute approximate surface area is 109 Å². The molecule has 0 aliphatic heterocycles. The Morgan fingerprint density at radius 2 is 2.06 bits per heavy atom. The molecule has 3 N–H and O–H groups in total. The third-order valence-corrected chi connectivity index (χ3v) is 4.38. The second-order valence-corrected chi connectivity index (χ2v) is 5.23. The van der Waals surface area contributed by atoms with Gasteiger partial charge in [-0.3, -0.25) is 0 Å². The largest absolute Gasteiger partial charge is 0.508 e. The van der Waals surface area contributed by atoms with Crippen molar-refractivity contribution in [2.24, 2.45) is 0 Å². The molecule has 1 aromatic rings. The van der Waals surface area contributed by atoms with Crippen molar-refractivity contribution in [1.29, 1.82) is 0 Å². The Balaban J connectivity index is 2.21. The third-order valence-electron chi connectivity index (χ3n) is 4.38. The summed E-state index contributed by atoms with van der Waals surface area (Å²) in [6.07, 6.45) is 3.72. The quantitative estimate of drug-likeness (QED) is 0.751. The summed E-state index contributed by atoms with van der Waals surface area (Å²) in [6.45, 7) is 4.36. The number of nitrogens with one attached hydrogen (secondary N) is 1. The van der Waals surface area contributed by atoms with Gasteiger partial charge in [-0.1, -0.05) is 26.0 Å². The highest BCUT2D eigenvalue weighted by Crippen LogP contribution is 2.37. The molecule has 3 heteroatoms. The second-order valence-electron chi connectivity index (χ2n) is 5.23. The van der Waals surface area contributed by atoms with Gasteiger partial charge in [-0.15, -0.1) is 0 Å². The van der Waals surface area contributed by atoms with Crippen LogP contribution in [0.2, 0.25) is 0 Å². The number of aliphatic hydroxyl groups excluding tert-OH is 1. The molecule has 0 radical (unpaired) electrons. The fourth-order valence-electron chi connectivity index (χ4n) is 2.88. The van der Waals surface area contributed by atoms with Gasteiger partial charge in [0.15, 0.2) is 0 Å². The Kier molecular flexibility index (Phi) is 3.93. The number of aliphatic hydroxyl groups is 1. The van der Waals surface area contributed by atoms with Crippen molar-refractivity contribution >= 4 is 0 Å². The molecular formula is C15H23NO2. The molecule has 3 nitrogen and oxygen atoms in total. The topological polar surface area (TPSA) is 52.5 Å². The first-order chi connectivity index (χ1) is 8.65. The maximum atomic E-state index is 9.84. The maximum absolute atomic E-state index is 9.84. The van der Waals surface area contributed by atoms with E-state index in [-0.39, 0.29) is 18.2 Å². The smallest absolute Gasteiger partial charge is 0.119 e. The summed E-state index contributed by atoms with van der Waals surface area (Å²) in [5.41, 5.74) is 2.06. The highest BCUT2D eigenvalue weighted by Gasteiger charge is 2.32.